The Kier molecular flexibility index (Phi) is 2.19. The van der Waals surface area contributed by atoms with Gasteiger partial charge in [-0.2, -0.15) is 0 Å². The van der Waals surface area contributed by atoms with Gasteiger partial charge in [-0.1, -0.05) is 48.5 Å². The number of hydrogen-bond donors (Lipinski definition) is 0. The summed E-state index contributed by atoms with van der Waals surface area (Å²) in [5.74, 6) is 0. The normalized spacial score (nSPS) is 10.9. The van der Waals surface area contributed by atoms with E-state index in [4.69, 9.17) is 0 Å². The van der Waals surface area contributed by atoms with Gasteiger partial charge in [-0.25, -0.2) is 0 Å². The minimum atomic E-state index is 0.761. The maximum absolute atomic E-state index is 11.1. The summed E-state index contributed by atoms with van der Waals surface area (Å²) in [7, 11) is 0. The van der Waals surface area contributed by atoms with Gasteiger partial charge in [0.25, 0.3) is 0 Å². The first kappa shape index (κ1) is 10.0. The zero-order valence-corrected chi connectivity index (χ0v) is 9.60. The van der Waals surface area contributed by atoms with E-state index in [9.17, 15) is 4.79 Å². The van der Waals surface area contributed by atoms with Gasteiger partial charge in [-0.05, 0) is 34.0 Å². The molecule has 82 valence electrons. The summed E-state index contributed by atoms with van der Waals surface area (Å²) in [4.78, 5) is 11.1. The molecular weight excluding hydrogens is 208 g/mol. The molecule has 0 spiro atoms. The molecule has 0 amide bonds. The quantitative estimate of drug-likeness (QED) is 0.445. The van der Waals surface area contributed by atoms with Crippen LogP contribution in [0.5, 0.6) is 0 Å². The van der Waals surface area contributed by atoms with Crippen molar-refractivity contribution < 1.29 is 4.79 Å². The molecule has 1 heteroatoms. The van der Waals surface area contributed by atoms with Gasteiger partial charge in [-0.3, -0.25) is 4.79 Å². The third-order valence-corrected chi connectivity index (χ3v) is 3.27. The lowest BCUT2D eigenvalue weighted by Crippen LogP contribution is -1.87. The number of aldehydes is 1. The second-order valence-electron chi connectivity index (χ2n) is 4.30. The third-order valence-electron chi connectivity index (χ3n) is 3.27. The predicted molar refractivity (Wildman–Crippen MR) is 71.6 cm³/mol. The van der Waals surface area contributed by atoms with Crippen molar-refractivity contribution in [3.8, 4) is 0 Å². The molecule has 1 nitrogen and oxygen atoms in total. The van der Waals surface area contributed by atoms with Crippen molar-refractivity contribution in [3.63, 3.8) is 0 Å². The molecule has 0 unspecified atom stereocenters. The van der Waals surface area contributed by atoms with Crippen LogP contribution < -0.4 is 0 Å². The zero-order valence-electron chi connectivity index (χ0n) is 9.60. The van der Waals surface area contributed by atoms with Crippen molar-refractivity contribution in [3.05, 3.63) is 59.7 Å². The first-order valence-corrected chi connectivity index (χ1v) is 5.67. The number of carbonyl (C=O) groups is 1. The van der Waals surface area contributed by atoms with Crippen LogP contribution in [0.3, 0.4) is 0 Å². The predicted octanol–water partition coefficient (Wildman–Crippen LogP) is 4.11. The average Bonchev–Trinajstić information content (AvgIpc) is 2.39. The van der Waals surface area contributed by atoms with Crippen molar-refractivity contribution in [2.75, 3.05) is 0 Å². The van der Waals surface area contributed by atoms with Crippen LogP contribution in [0, 0.1) is 6.92 Å². The highest BCUT2D eigenvalue weighted by Crippen LogP contribution is 2.29. The lowest BCUT2D eigenvalue weighted by Gasteiger charge is -2.08. The Morgan fingerprint density at radius 3 is 2.53 bits per heavy atom. The van der Waals surface area contributed by atoms with Crippen molar-refractivity contribution in [2.45, 2.75) is 6.92 Å². The molecule has 0 saturated carbocycles. The molecule has 0 atom stereocenters. The molecule has 3 aromatic carbocycles. The Hall–Kier alpha value is -2.15. The molecule has 3 rings (SSSR count). The Bertz CT molecular complexity index is 726. The minimum absolute atomic E-state index is 0.761. The topological polar surface area (TPSA) is 17.1 Å². The molecule has 0 saturated heterocycles. The first-order valence-electron chi connectivity index (χ1n) is 5.67. The van der Waals surface area contributed by atoms with Crippen molar-refractivity contribution in [1.29, 1.82) is 0 Å². The SMILES string of the molecule is Cc1ccc(C=O)c2ccc3ccccc3c12. The first-order chi connectivity index (χ1) is 8.31. The van der Waals surface area contributed by atoms with E-state index in [0.29, 0.717) is 0 Å². The van der Waals surface area contributed by atoms with E-state index in [1.165, 1.54) is 21.7 Å². The van der Waals surface area contributed by atoms with E-state index in [0.717, 1.165) is 17.2 Å². The summed E-state index contributed by atoms with van der Waals surface area (Å²) in [6, 6.07) is 16.3. The molecule has 0 aliphatic heterocycles. The van der Waals surface area contributed by atoms with Crippen LogP contribution >= 0.6 is 0 Å². The van der Waals surface area contributed by atoms with Crippen molar-refractivity contribution in [2.24, 2.45) is 0 Å². The van der Waals surface area contributed by atoms with Gasteiger partial charge in [0.2, 0.25) is 0 Å². The highest BCUT2D eigenvalue weighted by Gasteiger charge is 2.06. The molecule has 0 fully saturated rings. The summed E-state index contributed by atoms with van der Waals surface area (Å²) >= 11 is 0. The van der Waals surface area contributed by atoms with Crippen molar-refractivity contribution in [1.82, 2.24) is 0 Å². The van der Waals surface area contributed by atoms with Gasteiger partial charge in [-0.15, -0.1) is 0 Å². The zero-order chi connectivity index (χ0) is 11.8. The Morgan fingerprint density at radius 1 is 0.882 bits per heavy atom. The summed E-state index contributed by atoms with van der Waals surface area (Å²) < 4.78 is 0. The standard InChI is InChI=1S/C16H12O/c1-11-6-7-13(10-17)15-9-8-12-4-2-3-5-14(12)16(11)15/h2-10H,1H3. The van der Waals surface area contributed by atoms with Gasteiger partial charge in [0.05, 0.1) is 0 Å². The monoisotopic (exact) mass is 220 g/mol. The molecule has 17 heavy (non-hydrogen) atoms. The number of carbonyl (C=O) groups excluding carboxylic acids is 1. The fourth-order valence-electron chi connectivity index (χ4n) is 2.43. The fourth-order valence-corrected chi connectivity index (χ4v) is 2.43. The summed E-state index contributed by atoms with van der Waals surface area (Å²) in [5, 5.41) is 4.66. The third kappa shape index (κ3) is 1.43. The molecule has 3 aromatic rings. The maximum Gasteiger partial charge on any atom is 0.150 e. The Labute approximate surface area is 99.7 Å². The highest BCUT2D eigenvalue weighted by molar-refractivity contribution is 6.13. The van der Waals surface area contributed by atoms with Crippen LogP contribution in [0.1, 0.15) is 15.9 Å². The smallest absolute Gasteiger partial charge is 0.150 e. The highest BCUT2D eigenvalue weighted by atomic mass is 16.1. The molecule has 0 heterocycles. The molecule has 0 N–H and O–H groups in total. The van der Waals surface area contributed by atoms with E-state index in [-0.39, 0.29) is 0 Å². The van der Waals surface area contributed by atoms with Crippen molar-refractivity contribution >= 4 is 27.8 Å². The van der Waals surface area contributed by atoms with Crippen LogP contribution in [-0.4, -0.2) is 6.29 Å². The van der Waals surface area contributed by atoms with Crippen LogP contribution in [0.4, 0.5) is 0 Å². The Morgan fingerprint density at radius 2 is 1.71 bits per heavy atom. The fraction of sp³-hybridized carbons (Fsp3) is 0.0625. The molecule has 0 radical (unpaired) electrons. The Balaban J connectivity index is 2.62. The summed E-state index contributed by atoms with van der Waals surface area (Å²) in [6.07, 6.45) is 0.927. The van der Waals surface area contributed by atoms with E-state index >= 15 is 0 Å². The molecule has 0 aliphatic rings. The molecule has 0 aromatic heterocycles. The minimum Gasteiger partial charge on any atom is -0.298 e. The number of aryl methyl sites for hydroxylation is 1. The molecule has 0 aliphatic carbocycles. The second kappa shape index (κ2) is 3.70. The molecular formula is C16H12O. The largest absolute Gasteiger partial charge is 0.298 e. The van der Waals surface area contributed by atoms with Gasteiger partial charge in [0, 0.05) is 5.56 Å². The second-order valence-corrected chi connectivity index (χ2v) is 4.30. The lowest BCUT2D eigenvalue weighted by atomic mass is 9.95. The van der Waals surface area contributed by atoms with Crippen LogP contribution in [-0.2, 0) is 0 Å². The number of fused-ring (bicyclic) bond motifs is 3. The summed E-state index contributed by atoms with van der Waals surface area (Å²) in [5.41, 5.74) is 1.97. The van der Waals surface area contributed by atoms with E-state index in [1.807, 2.05) is 30.3 Å². The van der Waals surface area contributed by atoms with E-state index in [2.05, 4.69) is 25.1 Å². The van der Waals surface area contributed by atoms with Gasteiger partial charge in [0.15, 0.2) is 6.29 Å². The van der Waals surface area contributed by atoms with Gasteiger partial charge < -0.3 is 0 Å². The summed E-state index contributed by atoms with van der Waals surface area (Å²) in [6.45, 7) is 2.09. The van der Waals surface area contributed by atoms with Gasteiger partial charge in [0.1, 0.15) is 0 Å². The maximum atomic E-state index is 11.1. The van der Waals surface area contributed by atoms with Crippen LogP contribution in [0.25, 0.3) is 21.5 Å². The molecule has 0 bridgehead atoms. The van der Waals surface area contributed by atoms with E-state index < -0.39 is 0 Å². The van der Waals surface area contributed by atoms with E-state index in [1.54, 1.807) is 0 Å². The van der Waals surface area contributed by atoms with Crippen LogP contribution in [0.15, 0.2) is 48.5 Å². The van der Waals surface area contributed by atoms with Gasteiger partial charge >= 0.3 is 0 Å². The van der Waals surface area contributed by atoms with Crippen LogP contribution in [0.2, 0.25) is 0 Å². The average molecular weight is 220 g/mol. The number of rotatable bonds is 1. The number of benzene rings is 3. The number of hydrogen-bond acceptors (Lipinski definition) is 1. The lowest BCUT2D eigenvalue weighted by molar-refractivity contribution is 0.112.